The van der Waals surface area contributed by atoms with Crippen LogP contribution in [0.25, 0.3) is 0 Å². The van der Waals surface area contributed by atoms with E-state index in [1.165, 1.54) is 6.92 Å². The van der Waals surface area contributed by atoms with Gasteiger partial charge in [0.1, 0.15) is 0 Å². The maximum Gasteiger partial charge on any atom is 0.417 e. The van der Waals surface area contributed by atoms with Crippen molar-refractivity contribution >= 4 is 11.6 Å². The van der Waals surface area contributed by atoms with E-state index < -0.39 is 34.9 Å². The summed E-state index contributed by atoms with van der Waals surface area (Å²) < 4.78 is 75.4. The van der Waals surface area contributed by atoms with Crippen LogP contribution in [0.3, 0.4) is 0 Å². The van der Waals surface area contributed by atoms with E-state index >= 15 is 0 Å². The average molecular weight is 277 g/mol. The van der Waals surface area contributed by atoms with Gasteiger partial charge in [-0.2, -0.15) is 26.3 Å². The molecule has 0 aliphatic carbocycles. The number of aryl methyl sites for hydroxylation is 1. The minimum absolute atomic E-state index is 0.0842. The van der Waals surface area contributed by atoms with E-state index in [2.05, 4.69) is 0 Å². The second-order valence-corrected chi connectivity index (χ2v) is 3.74. The normalized spacial score (nSPS) is 12.9. The molecule has 0 aromatic heterocycles. The summed E-state index contributed by atoms with van der Waals surface area (Å²) in [5.74, 6) is -0.625. The second kappa shape index (κ2) is 4.40. The highest BCUT2D eigenvalue weighted by molar-refractivity contribution is 6.17. The van der Waals surface area contributed by atoms with Crippen LogP contribution in [0.1, 0.15) is 22.3 Å². The minimum atomic E-state index is -5.08. The molecular formula is C10H7ClF6. The summed E-state index contributed by atoms with van der Waals surface area (Å²) in [7, 11) is 0. The van der Waals surface area contributed by atoms with E-state index in [0.717, 1.165) is 6.07 Å². The fourth-order valence-electron chi connectivity index (χ4n) is 1.53. The molecular weight excluding hydrogens is 270 g/mol. The molecule has 0 nitrogen and oxygen atoms in total. The highest BCUT2D eigenvalue weighted by Gasteiger charge is 2.44. The van der Waals surface area contributed by atoms with Gasteiger partial charge in [0.15, 0.2) is 0 Å². The monoisotopic (exact) mass is 276 g/mol. The van der Waals surface area contributed by atoms with E-state index in [1.807, 2.05) is 0 Å². The molecule has 0 spiro atoms. The van der Waals surface area contributed by atoms with Crippen molar-refractivity contribution in [2.45, 2.75) is 25.2 Å². The van der Waals surface area contributed by atoms with Gasteiger partial charge in [-0.1, -0.05) is 11.6 Å². The third-order valence-electron chi connectivity index (χ3n) is 2.10. The lowest BCUT2D eigenvalue weighted by Crippen LogP contribution is -2.19. The molecule has 1 aromatic carbocycles. The first kappa shape index (κ1) is 14.2. The zero-order valence-corrected chi connectivity index (χ0v) is 9.26. The molecule has 7 heteroatoms. The SMILES string of the molecule is Cc1cc(CCl)c(C(F)(F)F)c(C(F)(F)F)c1. The van der Waals surface area contributed by atoms with E-state index in [-0.39, 0.29) is 5.56 Å². The smallest absolute Gasteiger partial charge is 0.166 e. The maximum atomic E-state index is 12.6. The van der Waals surface area contributed by atoms with Gasteiger partial charge in [-0.3, -0.25) is 0 Å². The molecule has 1 rings (SSSR count). The number of halogens is 7. The van der Waals surface area contributed by atoms with Gasteiger partial charge in [0.2, 0.25) is 0 Å². The molecule has 1 aromatic rings. The fraction of sp³-hybridized carbons (Fsp3) is 0.400. The summed E-state index contributed by atoms with van der Waals surface area (Å²) in [6.07, 6.45) is -10.1. The zero-order valence-electron chi connectivity index (χ0n) is 8.51. The predicted octanol–water partition coefficient (Wildman–Crippen LogP) is 4.77. The first-order valence-corrected chi connectivity index (χ1v) is 4.94. The van der Waals surface area contributed by atoms with Crippen LogP contribution in [0.15, 0.2) is 12.1 Å². The van der Waals surface area contributed by atoms with Gasteiger partial charge in [0.05, 0.1) is 11.1 Å². The summed E-state index contributed by atoms with van der Waals surface area (Å²) >= 11 is 5.26. The Morgan fingerprint density at radius 1 is 1.00 bits per heavy atom. The van der Waals surface area contributed by atoms with E-state index in [4.69, 9.17) is 11.6 Å². The summed E-state index contributed by atoms with van der Waals surface area (Å²) in [4.78, 5) is 0. The molecule has 0 fully saturated rings. The quantitative estimate of drug-likeness (QED) is 0.512. The first-order valence-electron chi connectivity index (χ1n) is 4.41. The van der Waals surface area contributed by atoms with Crippen LogP contribution < -0.4 is 0 Å². The molecule has 0 bridgehead atoms. The van der Waals surface area contributed by atoms with Crippen LogP contribution in [0, 0.1) is 6.92 Å². The minimum Gasteiger partial charge on any atom is -0.166 e. The Hall–Kier alpha value is -0.910. The summed E-state index contributed by atoms with van der Waals surface area (Å²) in [6.45, 7) is 1.28. The Bertz CT molecular complexity index is 418. The fourth-order valence-corrected chi connectivity index (χ4v) is 1.74. The molecule has 0 amide bonds. The molecule has 0 saturated carbocycles. The summed E-state index contributed by atoms with van der Waals surface area (Å²) in [6, 6.07) is 1.48. The molecule has 17 heavy (non-hydrogen) atoms. The van der Waals surface area contributed by atoms with E-state index in [9.17, 15) is 26.3 Å². The van der Waals surface area contributed by atoms with Crippen LogP contribution in [-0.4, -0.2) is 0 Å². The Kier molecular flexibility index (Phi) is 3.66. The Morgan fingerprint density at radius 2 is 1.53 bits per heavy atom. The van der Waals surface area contributed by atoms with Gasteiger partial charge in [0.25, 0.3) is 0 Å². The van der Waals surface area contributed by atoms with Gasteiger partial charge in [-0.05, 0) is 18.6 Å². The molecule has 0 N–H and O–H groups in total. The molecule has 0 saturated heterocycles. The van der Waals surface area contributed by atoms with Crippen molar-refractivity contribution in [1.82, 2.24) is 0 Å². The number of hydrogen-bond acceptors (Lipinski definition) is 0. The van der Waals surface area contributed by atoms with Gasteiger partial charge in [-0.15, -0.1) is 11.6 Å². The Morgan fingerprint density at radius 3 is 1.88 bits per heavy atom. The lowest BCUT2D eigenvalue weighted by atomic mass is 9.98. The highest BCUT2D eigenvalue weighted by atomic mass is 35.5. The molecule has 0 atom stereocenters. The maximum absolute atomic E-state index is 12.6. The lowest BCUT2D eigenvalue weighted by Gasteiger charge is -2.19. The lowest BCUT2D eigenvalue weighted by molar-refractivity contribution is -0.162. The van der Waals surface area contributed by atoms with Gasteiger partial charge in [0, 0.05) is 5.88 Å². The van der Waals surface area contributed by atoms with Crippen molar-refractivity contribution in [1.29, 1.82) is 0 Å². The van der Waals surface area contributed by atoms with Crippen LogP contribution in [0.2, 0.25) is 0 Å². The Balaban J connectivity index is 3.63. The van der Waals surface area contributed by atoms with Crippen molar-refractivity contribution in [3.8, 4) is 0 Å². The average Bonchev–Trinajstić information content (AvgIpc) is 2.12. The topological polar surface area (TPSA) is 0 Å². The third kappa shape index (κ3) is 3.06. The van der Waals surface area contributed by atoms with E-state index in [1.54, 1.807) is 0 Å². The molecule has 0 aliphatic rings. The van der Waals surface area contributed by atoms with Crippen molar-refractivity contribution < 1.29 is 26.3 Å². The van der Waals surface area contributed by atoms with Crippen LogP contribution in [-0.2, 0) is 18.2 Å². The predicted molar refractivity (Wildman–Crippen MR) is 50.7 cm³/mol. The highest BCUT2D eigenvalue weighted by Crippen LogP contribution is 2.42. The summed E-state index contributed by atoms with van der Waals surface area (Å²) in [5, 5.41) is 0. The van der Waals surface area contributed by atoms with Crippen LogP contribution in [0.4, 0.5) is 26.3 Å². The van der Waals surface area contributed by atoms with Gasteiger partial charge < -0.3 is 0 Å². The number of rotatable bonds is 1. The molecule has 96 valence electrons. The van der Waals surface area contributed by atoms with Crippen molar-refractivity contribution in [3.63, 3.8) is 0 Å². The summed E-state index contributed by atoms with van der Waals surface area (Å²) in [5.41, 5.74) is -3.88. The van der Waals surface area contributed by atoms with Crippen molar-refractivity contribution in [3.05, 3.63) is 34.4 Å². The van der Waals surface area contributed by atoms with Gasteiger partial charge in [-0.25, -0.2) is 0 Å². The molecule has 0 heterocycles. The van der Waals surface area contributed by atoms with Crippen molar-refractivity contribution in [2.24, 2.45) is 0 Å². The zero-order chi connectivity index (χ0) is 13.4. The number of benzene rings is 1. The number of hydrogen-bond donors (Lipinski definition) is 0. The number of alkyl halides is 7. The van der Waals surface area contributed by atoms with Crippen molar-refractivity contribution in [2.75, 3.05) is 0 Å². The standard InChI is InChI=1S/C10H7ClF6/c1-5-2-6(4-11)8(10(15,16)17)7(3-5)9(12,13)14/h2-3H,4H2,1H3. The van der Waals surface area contributed by atoms with Gasteiger partial charge >= 0.3 is 12.4 Å². The third-order valence-corrected chi connectivity index (χ3v) is 2.39. The van der Waals surface area contributed by atoms with Crippen LogP contribution >= 0.6 is 11.6 Å². The Labute approximate surface area is 98.2 Å². The van der Waals surface area contributed by atoms with Crippen LogP contribution in [0.5, 0.6) is 0 Å². The first-order chi connectivity index (χ1) is 7.57. The van der Waals surface area contributed by atoms with E-state index in [0.29, 0.717) is 6.07 Å². The largest absolute Gasteiger partial charge is 0.417 e. The molecule has 0 unspecified atom stereocenters. The second-order valence-electron chi connectivity index (χ2n) is 3.48. The molecule has 0 radical (unpaired) electrons. The molecule has 0 aliphatic heterocycles.